The van der Waals surface area contributed by atoms with Crippen LogP contribution in [0.4, 0.5) is 0 Å². The van der Waals surface area contributed by atoms with Crippen LogP contribution in [0.25, 0.3) is 0 Å². The van der Waals surface area contributed by atoms with Gasteiger partial charge in [-0.2, -0.15) is 8.42 Å². The van der Waals surface area contributed by atoms with Crippen LogP contribution in [0.2, 0.25) is 0 Å². The predicted octanol–water partition coefficient (Wildman–Crippen LogP) is 0.303. The van der Waals surface area contributed by atoms with E-state index in [1.165, 1.54) is 0 Å². The highest BCUT2D eigenvalue weighted by Crippen LogP contribution is 2.26. The fourth-order valence-corrected chi connectivity index (χ4v) is 3.27. The van der Waals surface area contributed by atoms with E-state index < -0.39 is 10.0 Å². The van der Waals surface area contributed by atoms with Gasteiger partial charge in [-0.25, -0.2) is 0 Å². The topological polar surface area (TPSA) is 71.0 Å². The molecule has 1 N–H and O–H groups in total. The third kappa shape index (κ3) is 3.17. The molecule has 0 saturated heterocycles. The molecule has 110 valence electrons. The molecule has 0 aromatic heterocycles. The molecule has 1 heterocycles. The van der Waals surface area contributed by atoms with Crippen molar-refractivity contribution in [1.82, 2.24) is 10.2 Å². The lowest BCUT2D eigenvalue weighted by Gasteiger charge is -2.19. The molecular formula is C13H19N3O3S. The summed E-state index contributed by atoms with van der Waals surface area (Å²) in [6.07, 6.45) is 0. The van der Waals surface area contributed by atoms with Crippen molar-refractivity contribution in [2.24, 2.45) is 4.40 Å². The van der Waals surface area contributed by atoms with Crippen LogP contribution in [0, 0.1) is 0 Å². The summed E-state index contributed by atoms with van der Waals surface area (Å²) in [5.41, 5.74) is 0.673. The Morgan fingerprint density at radius 1 is 1.30 bits per heavy atom. The minimum atomic E-state index is -3.53. The summed E-state index contributed by atoms with van der Waals surface area (Å²) >= 11 is 0. The monoisotopic (exact) mass is 297 g/mol. The Labute approximate surface area is 119 Å². The number of fused-ring (bicyclic) bond motifs is 1. The number of hydrogen-bond acceptors (Lipinski definition) is 5. The fourth-order valence-electron chi connectivity index (χ4n) is 2.02. The van der Waals surface area contributed by atoms with Gasteiger partial charge in [0.25, 0.3) is 10.0 Å². The summed E-state index contributed by atoms with van der Waals surface area (Å²) < 4.78 is 32.7. The number of amidine groups is 1. The summed E-state index contributed by atoms with van der Waals surface area (Å²) in [5.74, 6) is 0.508. The number of hydrogen-bond donors (Lipinski definition) is 1. The van der Waals surface area contributed by atoms with E-state index in [2.05, 4.69) is 9.71 Å². The Balaban J connectivity index is 2.03. The number of rotatable bonds is 6. The van der Waals surface area contributed by atoms with Gasteiger partial charge in [0.1, 0.15) is 4.90 Å². The molecular weight excluding hydrogens is 278 g/mol. The van der Waals surface area contributed by atoms with E-state index in [0.29, 0.717) is 24.6 Å². The lowest BCUT2D eigenvalue weighted by molar-refractivity contribution is 0.199. The largest absolute Gasteiger partial charge is 0.383 e. The Kier molecular flexibility index (Phi) is 4.74. The Morgan fingerprint density at radius 2 is 2.05 bits per heavy atom. The highest BCUT2D eigenvalue weighted by Gasteiger charge is 2.29. The number of likely N-dealkylation sites (N-methyl/N-ethyl adjacent to an activating group) is 1. The molecule has 2 rings (SSSR count). The summed E-state index contributed by atoms with van der Waals surface area (Å²) in [6.45, 7) is 2.83. The number of methoxy groups -OCH3 is 1. The minimum Gasteiger partial charge on any atom is -0.383 e. The maximum absolute atomic E-state index is 11.9. The first-order valence-corrected chi connectivity index (χ1v) is 7.85. The third-order valence-corrected chi connectivity index (χ3v) is 4.41. The van der Waals surface area contributed by atoms with Crippen molar-refractivity contribution < 1.29 is 13.2 Å². The van der Waals surface area contributed by atoms with E-state index in [1.807, 2.05) is 18.0 Å². The summed E-state index contributed by atoms with van der Waals surface area (Å²) in [4.78, 5) is 2.14. The normalized spacial score (nSPS) is 15.8. The molecule has 6 nitrogen and oxygen atoms in total. The van der Waals surface area contributed by atoms with E-state index in [0.717, 1.165) is 13.1 Å². The van der Waals surface area contributed by atoms with Crippen molar-refractivity contribution in [3.05, 3.63) is 29.8 Å². The number of nitrogens with one attached hydrogen (secondary N) is 1. The van der Waals surface area contributed by atoms with Crippen LogP contribution < -0.4 is 5.32 Å². The Bertz CT molecular complexity index is 599. The fraction of sp³-hybridized carbons (Fsp3) is 0.462. The minimum absolute atomic E-state index is 0.286. The van der Waals surface area contributed by atoms with Crippen molar-refractivity contribution in [1.29, 1.82) is 0 Å². The van der Waals surface area contributed by atoms with Gasteiger partial charge in [0, 0.05) is 39.4 Å². The average Bonchev–Trinajstić information content (AvgIpc) is 2.71. The molecule has 0 aliphatic carbocycles. The molecule has 0 fully saturated rings. The molecule has 0 bridgehead atoms. The number of ether oxygens (including phenoxy) is 1. The molecule has 20 heavy (non-hydrogen) atoms. The average molecular weight is 297 g/mol. The van der Waals surface area contributed by atoms with Gasteiger partial charge in [0.05, 0.1) is 6.61 Å². The van der Waals surface area contributed by atoms with Crippen molar-refractivity contribution in [3.63, 3.8) is 0 Å². The summed E-state index contributed by atoms with van der Waals surface area (Å²) in [5, 5.41) is 3.21. The SMILES string of the molecule is COCCNCCN(C)C1=NS(=O)(=O)c2ccccc21. The molecule has 0 amide bonds. The Hall–Kier alpha value is -1.44. The maximum Gasteiger partial charge on any atom is 0.285 e. The smallest absolute Gasteiger partial charge is 0.285 e. The van der Waals surface area contributed by atoms with Crippen molar-refractivity contribution in [2.45, 2.75) is 4.90 Å². The van der Waals surface area contributed by atoms with Crippen molar-refractivity contribution >= 4 is 15.9 Å². The lowest BCUT2D eigenvalue weighted by atomic mass is 10.2. The zero-order valence-electron chi connectivity index (χ0n) is 11.7. The molecule has 0 spiro atoms. The number of nitrogens with zero attached hydrogens (tertiary/aromatic N) is 2. The van der Waals surface area contributed by atoms with Crippen LogP contribution in [0.5, 0.6) is 0 Å². The number of benzene rings is 1. The molecule has 1 aliphatic rings. The second-order valence-electron chi connectivity index (χ2n) is 4.55. The van der Waals surface area contributed by atoms with Gasteiger partial charge in [0.2, 0.25) is 0 Å². The molecule has 0 saturated carbocycles. The standard InChI is InChI=1S/C13H19N3O3S/c1-16(9-7-14-8-10-19-2)13-11-5-3-4-6-12(11)20(17,18)15-13/h3-6,14H,7-10H2,1-2H3. The second-order valence-corrected chi connectivity index (χ2v) is 6.12. The Morgan fingerprint density at radius 3 is 2.80 bits per heavy atom. The van der Waals surface area contributed by atoms with Crippen LogP contribution in [0.1, 0.15) is 5.56 Å². The highest BCUT2D eigenvalue weighted by atomic mass is 32.2. The van der Waals surface area contributed by atoms with Gasteiger partial charge in [-0.15, -0.1) is 4.40 Å². The molecule has 1 aliphatic heterocycles. The lowest BCUT2D eigenvalue weighted by Crippen LogP contribution is -2.34. The zero-order chi connectivity index (χ0) is 14.6. The first kappa shape index (κ1) is 15.0. The molecule has 0 unspecified atom stereocenters. The van der Waals surface area contributed by atoms with Gasteiger partial charge < -0.3 is 15.0 Å². The van der Waals surface area contributed by atoms with Gasteiger partial charge in [-0.05, 0) is 12.1 Å². The quantitative estimate of drug-likeness (QED) is 0.765. The van der Waals surface area contributed by atoms with Crippen LogP contribution in [0.3, 0.4) is 0 Å². The van der Waals surface area contributed by atoms with Gasteiger partial charge in [-0.3, -0.25) is 0 Å². The maximum atomic E-state index is 11.9. The molecule has 1 aromatic carbocycles. The highest BCUT2D eigenvalue weighted by molar-refractivity contribution is 7.90. The first-order chi connectivity index (χ1) is 9.56. The van der Waals surface area contributed by atoms with E-state index >= 15 is 0 Å². The first-order valence-electron chi connectivity index (χ1n) is 6.41. The molecule has 0 radical (unpaired) electrons. The molecule has 7 heteroatoms. The number of sulfonamides is 1. The summed E-state index contributed by atoms with van der Waals surface area (Å²) in [7, 11) is -0.0358. The van der Waals surface area contributed by atoms with E-state index in [1.54, 1.807) is 25.3 Å². The van der Waals surface area contributed by atoms with Gasteiger partial charge in [0.15, 0.2) is 5.84 Å². The molecule has 1 aromatic rings. The van der Waals surface area contributed by atoms with Crippen LogP contribution in [0.15, 0.2) is 33.6 Å². The zero-order valence-corrected chi connectivity index (χ0v) is 12.5. The van der Waals surface area contributed by atoms with E-state index in [4.69, 9.17) is 4.74 Å². The van der Waals surface area contributed by atoms with Crippen molar-refractivity contribution in [3.8, 4) is 0 Å². The van der Waals surface area contributed by atoms with E-state index in [-0.39, 0.29) is 4.90 Å². The van der Waals surface area contributed by atoms with Crippen LogP contribution in [-0.2, 0) is 14.8 Å². The van der Waals surface area contributed by atoms with Crippen LogP contribution >= 0.6 is 0 Å². The van der Waals surface area contributed by atoms with Gasteiger partial charge in [-0.1, -0.05) is 12.1 Å². The van der Waals surface area contributed by atoms with Gasteiger partial charge >= 0.3 is 0 Å². The summed E-state index contributed by atoms with van der Waals surface area (Å²) in [6, 6.07) is 6.90. The second kappa shape index (κ2) is 6.34. The van der Waals surface area contributed by atoms with E-state index in [9.17, 15) is 8.42 Å². The molecule has 0 atom stereocenters. The van der Waals surface area contributed by atoms with Crippen molar-refractivity contribution in [2.75, 3.05) is 40.4 Å². The third-order valence-electron chi connectivity index (χ3n) is 3.08. The predicted molar refractivity (Wildman–Crippen MR) is 77.5 cm³/mol. The van der Waals surface area contributed by atoms with Crippen LogP contribution in [-0.4, -0.2) is 59.6 Å².